The molecule has 4 heteroatoms. The summed E-state index contributed by atoms with van der Waals surface area (Å²) >= 11 is 0. The molecule has 2 rings (SSSR count). The van der Waals surface area contributed by atoms with E-state index in [2.05, 4.69) is 6.92 Å². The molecule has 1 heterocycles. The molecule has 0 bridgehead atoms. The topological polar surface area (TPSA) is 38.8 Å². The first-order valence-corrected chi connectivity index (χ1v) is 6.17. The molecule has 1 fully saturated rings. The van der Waals surface area contributed by atoms with Gasteiger partial charge in [-0.3, -0.25) is 4.79 Å². The second-order valence-corrected chi connectivity index (χ2v) is 4.68. The lowest BCUT2D eigenvalue weighted by Gasteiger charge is -2.19. The summed E-state index contributed by atoms with van der Waals surface area (Å²) in [7, 11) is 3.14. The van der Waals surface area contributed by atoms with Crippen molar-refractivity contribution in [2.45, 2.75) is 13.3 Å². The molecule has 18 heavy (non-hydrogen) atoms. The van der Waals surface area contributed by atoms with Gasteiger partial charge < -0.3 is 14.4 Å². The third kappa shape index (κ3) is 2.28. The van der Waals surface area contributed by atoms with Gasteiger partial charge in [0.25, 0.3) is 5.91 Å². The van der Waals surface area contributed by atoms with Gasteiger partial charge in [0.1, 0.15) is 17.1 Å². The highest BCUT2D eigenvalue weighted by Gasteiger charge is 2.28. The SMILES string of the molecule is COc1cccc(OC)c1C(=O)N1CC[C@@H](C)C1. The number of methoxy groups -OCH3 is 2. The normalized spacial score (nSPS) is 18.8. The number of likely N-dealkylation sites (tertiary alicyclic amines) is 1. The molecular weight excluding hydrogens is 230 g/mol. The predicted molar refractivity (Wildman–Crippen MR) is 69.2 cm³/mol. The first-order valence-electron chi connectivity index (χ1n) is 6.17. The number of hydrogen-bond donors (Lipinski definition) is 0. The minimum absolute atomic E-state index is 0.00588. The van der Waals surface area contributed by atoms with E-state index < -0.39 is 0 Å². The largest absolute Gasteiger partial charge is 0.496 e. The van der Waals surface area contributed by atoms with Gasteiger partial charge in [-0.1, -0.05) is 13.0 Å². The Balaban J connectivity index is 2.34. The van der Waals surface area contributed by atoms with Crippen LogP contribution in [0.3, 0.4) is 0 Å². The second-order valence-electron chi connectivity index (χ2n) is 4.68. The summed E-state index contributed by atoms with van der Waals surface area (Å²) < 4.78 is 10.5. The maximum absolute atomic E-state index is 12.5. The van der Waals surface area contributed by atoms with Gasteiger partial charge in [0.05, 0.1) is 14.2 Å². The van der Waals surface area contributed by atoms with Gasteiger partial charge in [-0.15, -0.1) is 0 Å². The first kappa shape index (κ1) is 12.7. The van der Waals surface area contributed by atoms with Crippen LogP contribution in [0.15, 0.2) is 18.2 Å². The van der Waals surface area contributed by atoms with Crippen molar-refractivity contribution < 1.29 is 14.3 Å². The molecule has 0 aliphatic carbocycles. The maximum atomic E-state index is 12.5. The number of carbonyl (C=O) groups is 1. The van der Waals surface area contributed by atoms with Crippen LogP contribution >= 0.6 is 0 Å². The minimum Gasteiger partial charge on any atom is -0.496 e. The molecular formula is C14H19NO3. The van der Waals surface area contributed by atoms with E-state index in [4.69, 9.17) is 9.47 Å². The number of ether oxygens (including phenoxy) is 2. The van der Waals surface area contributed by atoms with Gasteiger partial charge in [0.15, 0.2) is 0 Å². The smallest absolute Gasteiger partial charge is 0.261 e. The molecule has 98 valence electrons. The molecule has 0 aromatic heterocycles. The summed E-state index contributed by atoms with van der Waals surface area (Å²) in [5.41, 5.74) is 0.525. The molecule has 0 spiro atoms. The Bertz CT molecular complexity index is 422. The number of carbonyl (C=O) groups excluding carboxylic acids is 1. The minimum atomic E-state index is -0.00588. The first-order chi connectivity index (χ1) is 8.67. The molecule has 1 aliphatic heterocycles. The highest BCUT2D eigenvalue weighted by Crippen LogP contribution is 2.31. The van der Waals surface area contributed by atoms with Crippen LogP contribution in [0.4, 0.5) is 0 Å². The zero-order valence-corrected chi connectivity index (χ0v) is 11.1. The van der Waals surface area contributed by atoms with Gasteiger partial charge in [-0.05, 0) is 24.5 Å². The van der Waals surface area contributed by atoms with Crippen LogP contribution in [0, 0.1) is 5.92 Å². The van der Waals surface area contributed by atoms with Gasteiger partial charge in [-0.25, -0.2) is 0 Å². The van der Waals surface area contributed by atoms with Crippen LogP contribution in [0.1, 0.15) is 23.7 Å². The quantitative estimate of drug-likeness (QED) is 0.824. The molecule has 0 N–H and O–H groups in total. The van der Waals surface area contributed by atoms with E-state index >= 15 is 0 Å². The molecule has 1 atom stereocenters. The Labute approximate surface area is 107 Å². The maximum Gasteiger partial charge on any atom is 0.261 e. The molecule has 1 aliphatic rings. The van der Waals surface area contributed by atoms with E-state index in [0.717, 1.165) is 19.5 Å². The molecule has 1 aromatic rings. The lowest BCUT2D eigenvalue weighted by molar-refractivity contribution is 0.0781. The van der Waals surface area contributed by atoms with Crippen molar-refractivity contribution >= 4 is 5.91 Å². The number of hydrogen-bond acceptors (Lipinski definition) is 3. The number of nitrogens with zero attached hydrogens (tertiary/aromatic N) is 1. The standard InChI is InChI=1S/C14H19NO3/c1-10-7-8-15(9-10)14(16)13-11(17-2)5-4-6-12(13)18-3/h4-6,10H,7-9H2,1-3H3/t10-/m1/s1. The van der Waals surface area contributed by atoms with Crippen LogP contribution in [0.5, 0.6) is 11.5 Å². The summed E-state index contributed by atoms with van der Waals surface area (Å²) in [6.07, 6.45) is 1.06. The molecule has 0 saturated carbocycles. The fourth-order valence-electron chi connectivity index (χ4n) is 2.34. The zero-order chi connectivity index (χ0) is 13.1. The predicted octanol–water partition coefficient (Wildman–Crippen LogP) is 2.19. The summed E-state index contributed by atoms with van der Waals surface area (Å²) in [4.78, 5) is 14.4. The van der Waals surface area contributed by atoms with Crippen molar-refractivity contribution in [2.75, 3.05) is 27.3 Å². The molecule has 1 saturated heterocycles. The lowest BCUT2D eigenvalue weighted by Crippen LogP contribution is -2.29. The average Bonchev–Trinajstić information content (AvgIpc) is 2.83. The van der Waals surface area contributed by atoms with Crippen LogP contribution in [-0.2, 0) is 0 Å². The summed E-state index contributed by atoms with van der Waals surface area (Å²) in [6, 6.07) is 5.39. The van der Waals surface area contributed by atoms with Gasteiger partial charge in [0, 0.05) is 13.1 Å². The number of rotatable bonds is 3. The third-order valence-electron chi connectivity index (χ3n) is 3.35. The van der Waals surface area contributed by atoms with E-state index in [9.17, 15) is 4.79 Å². The van der Waals surface area contributed by atoms with Crippen LogP contribution in [0.25, 0.3) is 0 Å². The Kier molecular flexibility index (Phi) is 3.75. The van der Waals surface area contributed by atoms with Crippen molar-refractivity contribution in [3.05, 3.63) is 23.8 Å². The van der Waals surface area contributed by atoms with Crippen molar-refractivity contribution in [2.24, 2.45) is 5.92 Å². The van der Waals surface area contributed by atoms with Crippen LogP contribution in [0.2, 0.25) is 0 Å². The Morgan fingerprint density at radius 2 is 1.89 bits per heavy atom. The zero-order valence-electron chi connectivity index (χ0n) is 11.1. The van der Waals surface area contributed by atoms with Crippen molar-refractivity contribution in [3.8, 4) is 11.5 Å². The monoisotopic (exact) mass is 249 g/mol. The van der Waals surface area contributed by atoms with Crippen LogP contribution < -0.4 is 9.47 Å². The molecule has 1 amide bonds. The number of benzene rings is 1. The fourth-order valence-corrected chi connectivity index (χ4v) is 2.34. The third-order valence-corrected chi connectivity index (χ3v) is 3.35. The molecule has 1 aromatic carbocycles. The molecule has 4 nitrogen and oxygen atoms in total. The highest BCUT2D eigenvalue weighted by atomic mass is 16.5. The highest BCUT2D eigenvalue weighted by molar-refractivity contribution is 5.99. The van der Waals surface area contributed by atoms with Crippen molar-refractivity contribution in [3.63, 3.8) is 0 Å². The van der Waals surface area contributed by atoms with Gasteiger partial charge in [0.2, 0.25) is 0 Å². The molecule has 0 unspecified atom stereocenters. The van der Waals surface area contributed by atoms with Crippen LogP contribution in [-0.4, -0.2) is 38.1 Å². The van der Waals surface area contributed by atoms with Crippen molar-refractivity contribution in [1.29, 1.82) is 0 Å². The average molecular weight is 249 g/mol. The van der Waals surface area contributed by atoms with Crippen molar-refractivity contribution in [1.82, 2.24) is 4.90 Å². The van der Waals surface area contributed by atoms with E-state index in [1.807, 2.05) is 11.0 Å². The van der Waals surface area contributed by atoms with E-state index in [1.54, 1.807) is 26.4 Å². The summed E-state index contributed by atoms with van der Waals surface area (Å²) in [5.74, 6) is 1.70. The fraction of sp³-hybridized carbons (Fsp3) is 0.500. The van der Waals surface area contributed by atoms with E-state index in [1.165, 1.54) is 0 Å². The van der Waals surface area contributed by atoms with Gasteiger partial charge in [-0.2, -0.15) is 0 Å². The Morgan fingerprint density at radius 3 is 2.33 bits per heavy atom. The summed E-state index contributed by atoms with van der Waals surface area (Å²) in [6.45, 7) is 3.77. The lowest BCUT2D eigenvalue weighted by atomic mass is 10.1. The van der Waals surface area contributed by atoms with Gasteiger partial charge >= 0.3 is 0 Å². The number of amides is 1. The molecule has 0 radical (unpaired) electrons. The second kappa shape index (κ2) is 5.29. The van der Waals surface area contributed by atoms with E-state index in [-0.39, 0.29) is 5.91 Å². The Hall–Kier alpha value is -1.71. The van der Waals surface area contributed by atoms with E-state index in [0.29, 0.717) is 23.0 Å². The Morgan fingerprint density at radius 1 is 1.28 bits per heavy atom. The summed E-state index contributed by atoms with van der Waals surface area (Å²) in [5, 5.41) is 0.